The number of para-hydroxylation sites is 1. The molecule has 3 aliphatic rings. The van der Waals surface area contributed by atoms with Gasteiger partial charge in [0.25, 0.3) is 0 Å². The van der Waals surface area contributed by atoms with E-state index in [0.717, 1.165) is 10.9 Å². The molecule has 1 heterocycles. The predicted molar refractivity (Wildman–Crippen MR) is 359 cm³/mol. The van der Waals surface area contributed by atoms with Crippen LogP contribution in [0, 0.1) is 0 Å². The van der Waals surface area contributed by atoms with E-state index < -0.39 is 0 Å². The van der Waals surface area contributed by atoms with Crippen molar-refractivity contribution in [3.8, 4) is 61.3 Å². The van der Waals surface area contributed by atoms with Crippen LogP contribution in [0.25, 0.3) is 169 Å². The summed E-state index contributed by atoms with van der Waals surface area (Å²) in [6.45, 7) is 0. The smallest absolute Gasteiger partial charge is 0.0547 e. The molecule has 0 N–H and O–H groups in total. The molecule has 384 valence electrons. The second-order valence-electron chi connectivity index (χ2n) is 22.6. The highest BCUT2D eigenvalue weighted by molar-refractivity contribution is 9.10. The van der Waals surface area contributed by atoms with Gasteiger partial charge in [-0.15, -0.1) is 0 Å². The van der Waals surface area contributed by atoms with Crippen molar-refractivity contribution in [1.29, 1.82) is 0 Å². The van der Waals surface area contributed by atoms with E-state index >= 15 is 0 Å². The average molecular weight is 1120 g/mol. The maximum Gasteiger partial charge on any atom is 0.0547 e. The fourth-order valence-electron chi connectivity index (χ4n) is 15.0. The van der Waals surface area contributed by atoms with Crippen LogP contribution in [0.2, 0.25) is 0 Å². The van der Waals surface area contributed by atoms with Gasteiger partial charge < -0.3 is 4.57 Å². The maximum atomic E-state index is 3.58. The topological polar surface area (TPSA) is 4.93 Å². The lowest BCUT2D eigenvalue weighted by molar-refractivity contribution is 1.19. The summed E-state index contributed by atoms with van der Waals surface area (Å²) in [5.74, 6) is 0. The molecule has 0 aliphatic heterocycles. The van der Waals surface area contributed by atoms with Crippen LogP contribution in [-0.4, -0.2) is 4.57 Å². The van der Waals surface area contributed by atoms with Crippen LogP contribution in [-0.2, 0) is 6.42 Å². The molecule has 1 nitrogen and oxygen atoms in total. The van der Waals surface area contributed by atoms with E-state index in [0.29, 0.717) is 0 Å². The first-order valence-corrected chi connectivity index (χ1v) is 29.6. The van der Waals surface area contributed by atoms with Gasteiger partial charge in [0.1, 0.15) is 0 Å². The van der Waals surface area contributed by atoms with Crippen molar-refractivity contribution in [1.82, 2.24) is 4.57 Å². The molecule has 0 bridgehead atoms. The summed E-state index contributed by atoms with van der Waals surface area (Å²) in [4.78, 5) is 0. The SMILES string of the molecule is Brc1ccc2c3ccccc3c3ccccc3c2c1.c1cc2c3c(cccc3c1)-c1c-2ccc2c1c1ccccc1n2-c1ccc2c3ccccc3c3ccccc3c2c1.c1ccc2c(c1)Cc1ccc3c(c1-2)-c1cccc2cccc-3c12. The molecule has 17 aromatic rings. The number of aromatic nitrogens is 1. The molecule has 0 unspecified atom stereocenters. The Kier molecular flexibility index (Phi) is 10.1. The van der Waals surface area contributed by atoms with Crippen LogP contribution in [0.4, 0.5) is 0 Å². The first-order chi connectivity index (χ1) is 41.1. The molecule has 0 atom stereocenters. The Hall–Kier alpha value is -10.1. The Balaban J connectivity index is 0.000000105. The summed E-state index contributed by atoms with van der Waals surface area (Å²) in [6, 6.07) is 102. The first-order valence-electron chi connectivity index (χ1n) is 28.8. The van der Waals surface area contributed by atoms with Crippen molar-refractivity contribution in [2.45, 2.75) is 6.42 Å². The molecule has 83 heavy (non-hydrogen) atoms. The molecule has 0 radical (unpaired) electrons. The Morgan fingerprint density at radius 3 is 1.27 bits per heavy atom. The van der Waals surface area contributed by atoms with Crippen LogP contribution >= 0.6 is 15.9 Å². The monoisotopic (exact) mass is 1110 g/mol. The minimum absolute atomic E-state index is 1.06. The van der Waals surface area contributed by atoms with Gasteiger partial charge in [0.05, 0.1) is 11.0 Å². The minimum atomic E-state index is 1.06. The minimum Gasteiger partial charge on any atom is -0.309 e. The van der Waals surface area contributed by atoms with E-state index in [1.54, 1.807) is 0 Å². The average Bonchev–Trinajstić information content (AvgIpc) is 2.79. The fraction of sp³-hybridized carbons (Fsp3) is 0.0123. The van der Waals surface area contributed by atoms with E-state index in [1.807, 2.05) is 0 Å². The van der Waals surface area contributed by atoms with Crippen LogP contribution in [0.3, 0.4) is 0 Å². The van der Waals surface area contributed by atoms with Gasteiger partial charge >= 0.3 is 0 Å². The zero-order valence-electron chi connectivity index (χ0n) is 45.1. The van der Waals surface area contributed by atoms with Crippen LogP contribution in [0.15, 0.2) is 284 Å². The van der Waals surface area contributed by atoms with Gasteiger partial charge in [-0.05, 0) is 190 Å². The standard InChI is InChI=1S/C40H23N.C23H14.C18H11Br/c1-2-13-28-26(11-1)27-12-3-4-14-29(27)35-23-25(19-20-30(28)35)41-36-18-6-5-15-33(36)40-37(41)22-21-32-31-16-7-9-24-10-8-17-34(38(24)31)39(32)40;1-2-8-17-15(5-1)13-16-11-12-19-18-9-3-6-14-7-4-10-20(21(14)18)23(19)22(16)17;19-12-9-10-17-15-7-2-1-5-13(15)14-6-3-4-8-16(14)18(17)11-12/h1-23H;1-12H,13H2;1-11H. The summed E-state index contributed by atoms with van der Waals surface area (Å²) in [6.07, 6.45) is 1.06. The third-order valence-corrected chi connectivity index (χ3v) is 18.9. The zero-order valence-corrected chi connectivity index (χ0v) is 46.7. The van der Waals surface area contributed by atoms with Crippen LogP contribution in [0.1, 0.15) is 11.1 Å². The quantitative estimate of drug-likeness (QED) is 0.144. The predicted octanol–water partition coefficient (Wildman–Crippen LogP) is 23.0. The van der Waals surface area contributed by atoms with Gasteiger partial charge in [-0.3, -0.25) is 0 Å². The second kappa shape index (κ2) is 17.9. The van der Waals surface area contributed by atoms with Crippen LogP contribution in [0.5, 0.6) is 0 Å². The number of hydrogen-bond acceptors (Lipinski definition) is 0. The molecule has 16 aromatic carbocycles. The Morgan fingerprint density at radius 1 is 0.241 bits per heavy atom. The number of hydrogen-bond donors (Lipinski definition) is 0. The number of fused-ring (bicyclic) bond motifs is 26. The second-order valence-corrected chi connectivity index (χ2v) is 23.5. The summed E-state index contributed by atoms with van der Waals surface area (Å²) in [7, 11) is 0. The molecule has 2 heteroatoms. The van der Waals surface area contributed by atoms with Crippen molar-refractivity contribution in [2.75, 3.05) is 0 Å². The molecule has 0 fully saturated rings. The van der Waals surface area contributed by atoms with Gasteiger partial charge in [-0.1, -0.05) is 259 Å². The summed E-state index contributed by atoms with van der Waals surface area (Å²) >= 11 is 3.58. The molecule has 20 rings (SSSR count). The van der Waals surface area contributed by atoms with E-state index in [-0.39, 0.29) is 0 Å². The Bertz CT molecular complexity index is 5600. The number of rotatable bonds is 1. The highest BCUT2D eigenvalue weighted by atomic mass is 79.9. The third-order valence-electron chi connectivity index (χ3n) is 18.4. The van der Waals surface area contributed by atoms with Gasteiger partial charge in [-0.25, -0.2) is 0 Å². The summed E-state index contributed by atoms with van der Waals surface area (Å²) in [5, 5.41) is 23.8. The van der Waals surface area contributed by atoms with Gasteiger partial charge in [0, 0.05) is 26.5 Å². The molecule has 0 saturated carbocycles. The molecule has 3 aliphatic carbocycles. The largest absolute Gasteiger partial charge is 0.309 e. The van der Waals surface area contributed by atoms with Crippen molar-refractivity contribution in [3.05, 3.63) is 295 Å². The lowest BCUT2D eigenvalue weighted by Gasteiger charge is -2.14. The molecule has 0 spiro atoms. The maximum absolute atomic E-state index is 3.58. The fourth-order valence-corrected chi connectivity index (χ4v) is 15.4. The van der Waals surface area contributed by atoms with Gasteiger partial charge in [0.2, 0.25) is 0 Å². The highest BCUT2D eigenvalue weighted by Crippen LogP contribution is 2.55. The van der Waals surface area contributed by atoms with Crippen molar-refractivity contribution in [2.24, 2.45) is 0 Å². The number of nitrogens with zero attached hydrogens (tertiary/aromatic N) is 1. The molecular formula is C81H48BrN. The van der Waals surface area contributed by atoms with Crippen molar-refractivity contribution in [3.63, 3.8) is 0 Å². The Labute approximate surface area is 487 Å². The molecular weight excluding hydrogens is 1070 g/mol. The van der Waals surface area contributed by atoms with Gasteiger partial charge in [0.15, 0.2) is 0 Å². The van der Waals surface area contributed by atoms with E-state index in [1.165, 1.54) is 180 Å². The highest BCUT2D eigenvalue weighted by Gasteiger charge is 2.30. The molecule has 0 saturated heterocycles. The number of benzene rings is 16. The normalized spacial score (nSPS) is 12.3. The van der Waals surface area contributed by atoms with Gasteiger partial charge in [-0.2, -0.15) is 0 Å². The summed E-state index contributed by atoms with van der Waals surface area (Å²) < 4.78 is 3.60. The zero-order chi connectivity index (χ0) is 54.4. The third kappa shape index (κ3) is 6.76. The molecule has 1 aromatic heterocycles. The van der Waals surface area contributed by atoms with E-state index in [9.17, 15) is 0 Å². The van der Waals surface area contributed by atoms with E-state index in [4.69, 9.17) is 0 Å². The van der Waals surface area contributed by atoms with Crippen LogP contribution < -0.4 is 0 Å². The first kappa shape index (κ1) is 46.6. The van der Waals surface area contributed by atoms with E-state index in [2.05, 4.69) is 300 Å². The number of halogens is 1. The lowest BCUT2D eigenvalue weighted by Crippen LogP contribution is -1.94. The van der Waals surface area contributed by atoms with Crippen molar-refractivity contribution < 1.29 is 0 Å². The summed E-state index contributed by atoms with van der Waals surface area (Å²) in [5.41, 5.74) is 20.5. The van der Waals surface area contributed by atoms with Crippen molar-refractivity contribution >= 4 is 124 Å². The Morgan fingerprint density at radius 2 is 0.675 bits per heavy atom. The lowest BCUT2D eigenvalue weighted by atomic mass is 9.93. The molecule has 0 amide bonds.